The smallest absolute Gasteiger partial charge is 0.324 e. The van der Waals surface area contributed by atoms with Crippen LogP contribution in [0.3, 0.4) is 0 Å². The van der Waals surface area contributed by atoms with Crippen molar-refractivity contribution in [2.75, 3.05) is 18.4 Å². The van der Waals surface area contributed by atoms with Gasteiger partial charge in [0.1, 0.15) is 6.54 Å². The molecule has 1 heterocycles. The van der Waals surface area contributed by atoms with Crippen molar-refractivity contribution in [1.29, 1.82) is 0 Å². The minimum atomic E-state index is -0.972. The van der Waals surface area contributed by atoms with Gasteiger partial charge in [0.15, 0.2) is 0 Å². The SMILES string of the molecule is CCN1C(=O)C(=O)N(CC(=O)Nc2ccccc2I)C1=O. The number of nitrogens with zero attached hydrogens (tertiary/aromatic N) is 2. The van der Waals surface area contributed by atoms with Crippen LogP contribution in [-0.4, -0.2) is 46.6 Å². The molecule has 1 saturated heterocycles. The van der Waals surface area contributed by atoms with Gasteiger partial charge in [-0.1, -0.05) is 12.1 Å². The van der Waals surface area contributed by atoms with Crippen LogP contribution in [-0.2, 0) is 14.4 Å². The van der Waals surface area contributed by atoms with Crippen molar-refractivity contribution in [3.8, 4) is 0 Å². The highest BCUT2D eigenvalue weighted by molar-refractivity contribution is 14.1. The Hall–Kier alpha value is -1.97. The van der Waals surface area contributed by atoms with Crippen LogP contribution in [0.2, 0.25) is 0 Å². The van der Waals surface area contributed by atoms with E-state index < -0.39 is 30.3 Å². The molecule has 0 unspecified atom stereocenters. The van der Waals surface area contributed by atoms with Crippen molar-refractivity contribution in [1.82, 2.24) is 9.80 Å². The molecular formula is C13H12IN3O4. The average molecular weight is 401 g/mol. The normalized spacial score (nSPS) is 14.9. The summed E-state index contributed by atoms with van der Waals surface area (Å²) >= 11 is 2.05. The van der Waals surface area contributed by atoms with Crippen molar-refractivity contribution in [3.63, 3.8) is 0 Å². The zero-order valence-electron chi connectivity index (χ0n) is 11.1. The third-order valence-electron chi connectivity index (χ3n) is 2.90. The third kappa shape index (κ3) is 3.04. The number of benzene rings is 1. The summed E-state index contributed by atoms with van der Waals surface area (Å²) in [5, 5.41) is 2.60. The summed E-state index contributed by atoms with van der Waals surface area (Å²) in [6.45, 7) is 1.20. The fraction of sp³-hybridized carbons (Fsp3) is 0.231. The van der Waals surface area contributed by atoms with Crippen molar-refractivity contribution in [2.24, 2.45) is 0 Å². The highest BCUT2D eigenvalue weighted by Crippen LogP contribution is 2.17. The molecule has 1 fully saturated rings. The fourth-order valence-corrected chi connectivity index (χ4v) is 2.39. The number of nitrogens with one attached hydrogen (secondary N) is 1. The van der Waals surface area contributed by atoms with Crippen LogP contribution in [0, 0.1) is 3.57 Å². The van der Waals surface area contributed by atoms with Gasteiger partial charge in [0.2, 0.25) is 5.91 Å². The zero-order chi connectivity index (χ0) is 15.6. The minimum Gasteiger partial charge on any atom is -0.324 e. The molecule has 1 N–H and O–H groups in total. The van der Waals surface area contributed by atoms with E-state index in [1.54, 1.807) is 19.1 Å². The van der Waals surface area contributed by atoms with Crippen molar-refractivity contribution >= 4 is 52.0 Å². The van der Waals surface area contributed by atoms with E-state index >= 15 is 0 Å². The molecule has 2 rings (SSSR count). The van der Waals surface area contributed by atoms with Gasteiger partial charge in [-0.3, -0.25) is 19.3 Å². The van der Waals surface area contributed by atoms with Crippen LogP contribution in [0.15, 0.2) is 24.3 Å². The predicted octanol–water partition coefficient (Wildman–Crippen LogP) is 1.04. The second kappa shape index (κ2) is 6.20. The van der Waals surface area contributed by atoms with Gasteiger partial charge in [0, 0.05) is 10.1 Å². The molecule has 7 nitrogen and oxygen atoms in total. The van der Waals surface area contributed by atoms with Gasteiger partial charge in [0.05, 0.1) is 5.69 Å². The van der Waals surface area contributed by atoms with E-state index in [1.165, 1.54) is 0 Å². The quantitative estimate of drug-likeness (QED) is 0.464. The predicted molar refractivity (Wildman–Crippen MR) is 82.3 cm³/mol. The van der Waals surface area contributed by atoms with Gasteiger partial charge in [-0.15, -0.1) is 0 Å². The second-order valence-corrected chi connectivity index (χ2v) is 5.41. The molecule has 1 aromatic rings. The molecule has 5 amide bonds. The van der Waals surface area contributed by atoms with Crippen LogP contribution < -0.4 is 5.32 Å². The summed E-state index contributed by atoms with van der Waals surface area (Å²) in [4.78, 5) is 48.4. The number of amides is 5. The van der Waals surface area contributed by atoms with Crippen LogP contribution in [0.1, 0.15) is 6.92 Å². The molecule has 1 aromatic carbocycles. The first kappa shape index (κ1) is 15.4. The maximum absolute atomic E-state index is 11.9. The van der Waals surface area contributed by atoms with Gasteiger partial charge in [0.25, 0.3) is 0 Å². The standard InChI is InChI=1S/C13H12IN3O4/c1-2-16-11(19)12(20)17(13(16)21)7-10(18)15-9-6-4-3-5-8(9)14/h3-6H,2,7H2,1H3,(H,15,18). The number of hydrogen-bond acceptors (Lipinski definition) is 4. The first-order chi connectivity index (χ1) is 9.95. The number of likely N-dealkylation sites (N-methyl/N-ethyl adjacent to an activating group) is 1. The molecule has 110 valence electrons. The molecule has 0 spiro atoms. The molecule has 0 aromatic heterocycles. The summed E-state index contributed by atoms with van der Waals surface area (Å²) in [7, 11) is 0. The molecule has 8 heteroatoms. The van der Waals surface area contributed by atoms with E-state index in [1.807, 2.05) is 12.1 Å². The van der Waals surface area contributed by atoms with Crippen LogP contribution in [0.4, 0.5) is 10.5 Å². The Kier molecular flexibility index (Phi) is 4.56. The molecular weight excluding hydrogens is 389 g/mol. The Bertz CT molecular complexity index is 632. The number of imide groups is 2. The van der Waals surface area contributed by atoms with E-state index in [4.69, 9.17) is 0 Å². The molecule has 21 heavy (non-hydrogen) atoms. The average Bonchev–Trinajstić information content (AvgIpc) is 2.65. The lowest BCUT2D eigenvalue weighted by atomic mass is 10.3. The molecule has 0 saturated carbocycles. The third-order valence-corrected chi connectivity index (χ3v) is 3.84. The number of urea groups is 1. The molecule has 0 atom stereocenters. The largest absolute Gasteiger partial charge is 0.334 e. The van der Waals surface area contributed by atoms with Crippen molar-refractivity contribution in [2.45, 2.75) is 6.92 Å². The van der Waals surface area contributed by atoms with Crippen LogP contribution in [0.25, 0.3) is 0 Å². The highest BCUT2D eigenvalue weighted by Gasteiger charge is 2.44. The van der Waals surface area contributed by atoms with Crippen molar-refractivity contribution in [3.05, 3.63) is 27.8 Å². The Morgan fingerprint density at radius 2 is 1.76 bits per heavy atom. The summed E-state index contributed by atoms with van der Waals surface area (Å²) < 4.78 is 0.828. The number of anilines is 1. The fourth-order valence-electron chi connectivity index (χ4n) is 1.86. The maximum Gasteiger partial charge on any atom is 0.334 e. The summed E-state index contributed by atoms with van der Waals surface area (Å²) in [5.41, 5.74) is 0.584. The molecule has 1 aliphatic heterocycles. The van der Waals surface area contributed by atoms with Gasteiger partial charge >= 0.3 is 17.8 Å². The molecule has 0 bridgehead atoms. The molecule has 0 radical (unpaired) electrons. The molecule has 1 aliphatic rings. The lowest BCUT2D eigenvalue weighted by molar-refractivity contribution is -0.143. The number of halogens is 1. The van der Waals surface area contributed by atoms with E-state index in [2.05, 4.69) is 27.9 Å². The number of carbonyl (C=O) groups is 4. The minimum absolute atomic E-state index is 0.0953. The summed E-state index contributed by atoms with van der Waals surface area (Å²) in [5.74, 6) is -2.41. The Labute approximate surface area is 134 Å². The maximum atomic E-state index is 11.9. The van der Waals surface area contributed by atoms with E-state index in [0.29, 0.717) is 10.6 Å². The van der Waals surface area contributed by atoms with E-state index in [9.17, 15) is 19.2 Å². The zero-order valence-corrected chi connectivity index (χ0v) is 13.3. The van der Waals surface area contributed by atoms with Crippen molar-refractivity contribution < 1.29 is 19.2 Å². The van der Waals surface area contributed by atoms with Crippen LogP contribution in [0.5, 0.6) is 0 Å². The first-order valence-electron chi connectivity index (χ1n) is 6.17. The number of carbonyl (C=O) groups excluding carboxylic acids is 4. The van der Waals surface area contributed by atoms with E-state index in [0.717, 1.165) is 8.47 Å². The summed E-state index contributed by atoms with van der Waals surface area (Å²) in [6, 6.07) is 6.33. The number of hydrogen-bond donors (Lipinski definition) is 1. The van der Waals surface area contributed by atoms with E-state index in [-0.39, 0.29) is 6.54 Å². The van der Waals surface area contributed by atoms with Gasteiger partial charge < -0.3 is 5.32 Å². The Balaban J connectivity index is 2.07. The molecule has 0 aliphatic carbocycles. The second-order valence-electron chi connectivity index (χ2n) is 4.25. The lowest BCUT2D eigenvalue weighted by Gasteiger charge is -2.14. The van der Waals surface area contributed by atoms with Gasteiger partial charge in [-0.2, -0.15) is 0 Å². The number of para-hydroxylation sites is 1. The topological polar surface area (TPSA) is 86.8 Å². The Morgan fingerprint density at radius 1 is 1.14 bits per heavy atom. The first-order valence-corrected chi connectivity index (χ1v) is 7.25. The monoisotopic (exact) mass is 401 g/mol. The summed E-state index contributed by atoms with van der Waals surface area (Å²) in [6.07, 6.45) is 0. The van der Waals surface area contributed by atoms with Gasteiger partial charge in [-0.05, 0) is 41.6 Å². The number of rotatable bonds is 4. The highest BCUT2D eigenvalue weighted by atomic mass is 127. The van der Waals surface area contributed by atoms with Gasteiger partial charge in [-0.25, -0.2) is 9.69 Å². The van der Waals surface area contributed by atoms with Crippen LogP contribution >= 0.6 is 22.6 Å². The Morgan fingerprint density at radius 3 is 2.33 bits per heavy atom. The lowest BCUT2D eigenvalue weighted by Crippen LogP contribution is -2.39.